The monoisotopic (exact) mass is 322 g/mol. The van der Waals surface area contributed by atoms with E-state index in [2.05, 4.69) is 63.4 Å². The molecule has 0 saturated carbocycles. The maximum atomic E-state index is 4.77. The number of piperazine rings is 1. The molecule has 3 aromatic rings. The summed E-state index contributed by atoms with van der Waals surface area (Å²) in [4.78, 5) is 5.05. The summed E-state index contributed by atoms with van der Waals surface area (Å²) in [6.07, 6.45) is 0. The third-order valence-electron chi connectivity index (χ3n) is 4.84. The number of aryl methyl sites for hydroxylation is 1. The smallest absolute Gasteiger partial charge is 0.135 e. The van der Waals surface area contributed by atoms with Crippen molar-refractivity contribution < 1.29 is 4.63 Å². The lowest BCUT2D eigenvalue weighted by Crippen LogP contribution is -2.45. The minimum atomic E-state index is 0.821. The van der Waals surface area contributed by atoms with Gasteiger partial charge in [-0.05, 0) is 46.1 Å². The molecule has 2 heterocycles. The number of benzene rings is 2. The Morgan fingerprint density at radius 2 is 1.58 bits per heavy atom. The van der Waals surface area contributed by atoms with Crippen LogP contribution in [0.1, 0.15) is 16.7 Å². The Morgan fingerprint density at radius 3 is 2.38 bits per heavy atom. The molecule has 0 aliphatic carbocycles. The highest BCUT2D eigenvalue weighted by molar-refractivity contribution is 5.73. The molecule has 0 amide bonds. The molecule has 5 heteroatoms. The van der Waals surface area contributed by atoms with Gasteiger partial charge in [-0.3, -0.25) is 9.80 Å². The Balaban J connectivity index is 1.33. The van der Waals surface area contributed by atoms with E-state index in [1.165, 1.54) is 16.7 Å². The largest absolute Gasteiger partial charge is 0.297 e. The molecule has 4 rings (SSSR count). The van der Waals surface area contributed by atoms with Crippen LogP contribution in [0.3, 0.4) is 0 Å². The van der Waals surface area contributed by atoms with Crippen LogP contribution < -0.4 is 0 Å². The van der Waals surface area contributed by atoms with E-state index in [4.69, 9.17) is 4.63 Å². The summed E-state index contributed by atoms with van der Waals surface area (Å²) in [5.74, 6) is 0. The minimum absolute atomic E-state index is 0.821. The van der Waals surface area contributed by atoms with Crippen molar-refractivity contribution in [3.05, 3.63) is 59.2 Å². The maximum absolute atomic E-state index is 4.77. The Kier molecular flexibility index (Phi) is 4.28. The van der Waals surface area contributed by atoms with Gasteiger partial charge in [-0.15, -0.1) is 0 Å². The Hall–Kier alpha value is -2.24. The molecule has 1 fully saturated rings. The van der Waals surface area contributed by atoms with E-state index < -0.39 is 0 Å². The van der Waals surface area contributed by atoms with Crippen LogP contribution in [0.5, 0.6) is 0 Å². The zero-order valence-corrected chi connectivity index (χ0v) is 14.0. The second-order valence-corrected chi connectivity index (χ2v) is 6.57. The van der Waals surface area contributed by atoms with Crippen LogP contribution in [0.15, 0.2) is 47.1 Å². The van der Waals surface area contributed by atoms with E-state index >= 15 is 0 Å². The van der Waals surface area contributed by atoms with E-state index in [1.54, 1.807) is 0 Å². The van der Waals surface area contributed by atoms with Gasteiger partial charge in [0.05, 0.1) is 0 Å². The number of rotatable bonds is 4. The first-order chi connectivity index (χ1) is 11.8. The van der Waals surface area contributed by atoms with Crippen LogP contribution in [0, 0.1) is 6.92 Å². The van der Waals surface area contributed by atoms with Crippen LogP contribution in [0.2, 0.25) is 0 Å². The number of hydrogen-bond donors (Lipinski definition) is 0. The summed E-state index contributed by atoms with van der Waals surface area (Å²) in [5, 5.41) is 7.78. The standard InChI is InChI=1S/C19H22N4O/c1-15-4-2-3-5-17(15)14-23-10-8-22(9-11-23)13-16-6-7-18-19(12-16)21-24-20-18/h2-7,12H,8-11,13-14H2,1H3. The summed E-state index contributed by atoms with van der Waals surface area (Å²) in [6.45, 7) is 8.63. The third kappa shape index (κ3) is 3.32. The first-order valence-corrected chi connectivity index (χ1v) is 8.48. The van der Waals surface area contributed by atoms with Crippen molar-refractivity contribution in [1.29, 1.82) is 0 Å². The van der Waals surface area contributed by atoms with Gasteiger partial charge >= 0.3 is 0 Å². The SMILES string of the molecule is Cc1ccccc1CN1CCN(Cc2ccc3nonc3c2)CC1. The zero-order valence-electron chi connectivity index (χ0n) is 14.0. The average molecular weight is 322 g/mol. The van der Waals surface area contributed by atoms with Gasteiger partial charge in [0.15, 0.2) is 0 Å². The van der Waals surface area contributed by atoms with E-state index in [0.29, 0.717) is 0 Å². The van der Waals surface area contributed by atoms with Crippen molar-refractivity contribution in [2.24, 2.45) is 0 Å². The lowest BCUT2D eigenvalue weighted by Gasteiger charge is -2.35. The van der Waals surface area contributed by atoms with Crippen LogP contribution in [0.4, 0.5) is 0 Å². The van der Waals surface area contributed by atoms with Gasteiger partial charge in [-0.1, -0.05) is 30.3 Å². The van der Waals surface area contributed by atoms with Crippen molar-refractivity contribution in [3.63, 3.8) is 0 Å². The van der Waals surface area contributed by atoms with Gasteiger partial charge in [0.1, 0.15) is 11.0 Å². The van der Waals surface area contributed by atoms with Gasteiger partial charge in [-0.2, -0.15) is 0 Å². The van der Waals surface area contributed by atoms with Crippen LogP contribution in [-0.2, 0) is 13.1 Å². The van der Waals surface area contributed by atoms with Crippen molar-refractivity contribution >= 4 is 11.0 Å². The molecule has 1 aromatic heterocycles. The number of aromatic nitrogens is 2. The summed E-state index contributed by atoms with van der Waals surface area (Å²) >= 11 is 0. The van der Waals surface area contributed by atoms with E-state index in [-0.39, 0.29) is 0 Å². The Bertz CT molecular complexity index is 821. The normalized spacial score (nSPS) is 16.7. The van der Waals surface area contributed by atoms with Gasteiger partial charge in [-0.25, -0.2) is 4.63 Å². The van der Waals surface area contributed by atoms with E-state index in [1.807, 2.05) is 6.07 Å². The van der Waals surface area contributed by atoms with Gasteiger partial charge in [0.2, 0.25) is 0 Å². The van der Waals surface area contributed by atoms with Crippen molar-refractivity contribution in [3.8, 4) is 0 Å². The highest BCUT2D eigenvalue weighted by atomic mass is 16.6. The molecule has 5 nitrogen and oxygen atoms in total. The molecule has 1 aliphatic rings. The number of hydrogen-bond acceptors (Lipinski definition) is 5. The fraction of sp³-hybridized carbons (Fsp3) is 0.368. The molecular weight excluding hydrogens is 300 g/mol. The van der Waals surface area contributed by atoms with Crippen LogP contribution in [0.25, 0.3) is 11.0 Å². The quantitative estimate of drug-likeness (QED) is 0.739. The minimum Gasteiger partial charge on any atom is -0.297 e. The lowest BCUT2D eigenvalue weighted by molar-refractivity contribution is 0.122. The maximum Gasteiger partial charge on any atom is 0.135 e. The summed E-state index contributed by atoms with van der Waals surface area (Å²) in [7, 11) is 0. The van der Waals surface area contributed by atoms with Gasteiger partial charge in [0.25, 0.3) is 0 Å². The van der Waals surface area contributed by atoms with E-state index in [9.17, 15) is 0 Å². The molecule has 0 N–H and O–H groups in total. The summed E-state index contributed by atoms with van der Waals surface area (Å²) < 4.78 is 4.77. The molecular formula is C19H22N4O. The summed E-state index contributed by atoms with van der Waals surface area (Å²) in [6, 6.07) is 14.8. The highest BCUT2D eigenvalue weighted by Crippen LogP contribution is 2.16. The topological polar surface area (TPSA) is 45.4 Å². The highest BCUT2D eigenvalue weighted by Gasteiger charge is 2.17. The molecule has 124 valence electrons. The van der Waals surface area contributed by atoms with Crippen LogP contribution in [-0.4, -0.2) is 46.3 Å². The van der Waals surface area contributed by atoms with Gasteiger partial charge < -0.3 is 0 Å². The molecule has 1 aliphatic heterocycles. The predicted molar refractivity (Wildman–Crippen MR) is 93.5 cm³/mol. The average Bonchev–Trinajstić information content (AvgIpc) is 3.06. The summed E-state index contributed by atoms with van der Waals surface area (Å²) in [5.41, 5.74) is 5.75. The molecule has 0 unspecified atom stereocenters. The third-order valence-corrected chi connectivity index (χ3v) is 4.84. The molecule has 0 radical (unpaired) electrons. The van der Waals surface area contributed by atoms with Gasteiger partial charge in [0, 0.05) is 39.3 Å². The first kappa shape index (κ1) is 15.3. The Morgan fingerprint density at radius 1 is 0.875 bits per heavy atom. The zero-order chi connectivity index (χ0) is 16.4. The Labute approximate surface area is 141 Å². The van der Waals surface area contributed by atoms with Crippen molar-refractivity contribution in [1.82, 2.24) is 20.1 Å². The molecule has 0 spiro atoms. The van der Waals surface area contributed by atoms with E-state index in [0.717, 1.165) is 50.3 Å². The lowest BCUT2D eigenvalue weighted by atomic mass is 10.1. The number of nitrogens with zero attached hydrogens (tertiary/aromatic N) is 4. The fourth-order valence-corrected chi connectivity index (χ4v) is 3.32. The van der Waals surface area contributed by atoms with Crippen molar-refractivity contribution in [2.45, 2.75) is 20.0 Å². The molecule has 2 aromatic carbocycles. The van der Waals surface area contributed by atoms with Crippen molar-refractivity contribution in [2.75, 3.05) is 26.2 Å². The second kappa shape index (κ2) is 6.71. The molecule has 0 bridgehead atoms. The molecule has 0 atom stereocenters. The fourth-order valence-electron chi connectivity index (χ4n) is 3.32. The number of fused-ring (bicyclic) bond motifs is 1. The van der Waals surface area contributed by atoms with Crippen LogP contribution >= 0.6 is 0 Å². The molecule has 24 heavy (non-hydrogen) atoms. The predicted octanol–water partition coefficient (Wildman–Crippen LogP) is 2.85. The molecule has 1 saturated heterocycles. The second-order valence-electron chi connectivity index (χ2n) is 6.57. The first-order valence-electron chi connectivity index (χ1n) is 8.48.